The highest BCUT2D eigenvalue weighted by Gasteiger charge is 2.22. The lowest BCUT2D eigenvalue weighted by Crippen LogP contribution is -2.22. The molecule has 0 aliphatic heterocycles. The summed E-state index contributed by atoms with van der Waals surface area (Å²) in [5.41, 5.74) is 0. The van der Waals surface area contributed by atoms with Crippen molar-refractivity contribution < 1.29 is 62.8 Å². The minimum atomic E-state index is -1.49. The zero-order valence-corrected chi connectivity index (χ0v) is 14.1. The van der Waals surface area contributed by atoms with E-state index in [1.54, 1.807) is 0 Å². The Bertz CT molecular complexity index is 670. The average molecular weight is 402 g/mol. The van der Waals surface area contributed by atoms with Crippen LogP contribution in [0.15, 0.2) is 0 Å². The molecule has 13 heteroatoms. The predicted molar refractivity (Wildman–Crippen MR) is 80.2 cm³/mol. The topological polar surface area (TPSA) is 213 Å². The van der Waals surface area contributed by atoms with Gasteiger partial charge >= 0.3 is 35.8 Å². The Morgan fingerprint density at radius 1 is 0.429 bits per heavy atom. The standard InChI is InChI=1S/C15H14O13/c16-7(1-10(19)20)3-12(23)27-14(25)5-9(18)6-15(26)28-13(24)4-8(17)2-11(21)22/h1-6H2,(H,19,20)(H,21,22). The summed E-state index contributed by atoms with van der Waals surface area (Å²) < 4.78 is 8.19. The second-order valence-corrected chi connectivity index (χ2v) is 5.16. The molecule has 152 valence electrons. The number of carboxylic acid groups (broad SMARTS) is 2. The number of Topliss-reactive ketones (excluding diaryl/α,β-unsaturated/α-hetero) is 3. The van der Waals surface area contributed by atoms with Gasteiger partial charge in [-0.15, -0.1) is 0 Å². The zero-order chi connectivity index (χ0) is 21.9. The number of esters is 4. The van der Waals surface area contributed by atoms with Gasteiger partial charge in [0.1, 0.15) is 38.5 Å². The van der Waals surface area contributed by atoms with E-state index in [1.807, 2.05) is 0 Å². The Kier molecular flexibility index (Phi) is 10.2. The van der Waals surface area contributed by atoms with Crippen LogP contribution in [0.1, 0.15) is 38.5 Å². The van der Waals surface area contributed by atoms with E-state index in [0.29, 0.717) is 0 Å². The maximum Gasteiger partial charge on any atom is 0.320 e. The molecule has 0 aliphatic carbocycles. The summed E-state index contributed by atoms with van der Waals surface area (Å²) in [5.74, 6) is -11.8. The van der Waals surface area contributed by atoms with Crippen LogP contribution in [0.3, 0.4) is 0 Å². The van der Waals surface area contributed by atoms with Gasteiger partial charge in [-0.1, -0.05) is 0 Å². The van der Waals surface area contributed by atoms with Crippen molar-refractivity contribution >= 4 is 53.2 Å². The Labute approximate surface area is 155 Å². The van der Waals surface area contributed by atoms with Gasteiger partial charge in [0.25, 0.3) is 0 Å². The molecule has 0 aromatic rings. The third-order valence-electron chi connectivity index (χ3n) is 2.52. The van der Waals surface area contributed by atoms with Crippen LogP contribution in [-0.2, 0) is 52.6 Å². The fourth-order valence-electron chi connectivity index (χ4n) is 1.57. The monoisotopic (exact) mass is 402 g/mol. The van der Waals surface area contributed by atoms with E-state index in [2.05, 4.69) is 9.47 Å². The first-order valence-electron chi connectivity index (χ1n) is 7.34. The molecular formula is C15H14O13. The fraction of sp³-hybridized carbons (Fsp3) is 0.400. The van der Waals surface area contributed by atoms with Gasteiger partial charge in [0.2, 0.25) is 0 Å². The highest BCUT2D eigenvalue weighted by molar-refractivity contribution is 6.10. The molecule has 13 nitrogen and oxygen atoms in total. The SMILES string of the molecule is O=C(O)CC(=O)CC(=O)OC(=O)CC(=O)CC(=O)OC(=O)CC(=O)CC(=O)O. The molecule has 0 saturated carbocycles. The summed E-state index contributed by atoms with van der Waals surface area (Å²) >= 11 is 0. The first-order chi connectivity index (χ1) is 12.9. The average Bonchev–Trinajstić information content (AvgIpc) is 2.42. The largest absolute Gasteiger partial charge is 0.481 e. The van der Waals surface area contributed by atoms with Gasteiger partial charge in [0, 0.05) is 0 Å². The first-order valence-corrected chi connectivity index (χ1v) is 7.34. The van der Waals surface area contributed by atoms with Gasteiger partial charge in [0.05, 0.1) is 0 Å². The van der Waals surface area contributed by atoms with Crippen LogP contribution in [0.4, 0.5) is 0 Å². The van der Waals surface area contributed by atoms with Crippen LogP contribution in [0.25, 0.3) is 0 Å². The number of carbonyl (C=O) groups excluding carboxylic acids is 7. The third-order valence-corrected chi connectivity index (χ3v) is 2.52. The van der Waals surface area contributed by atoms with Crippen LogP contribution < -0.4 is 0 Å². The van der Waals surface area contributed by atoms with Crippen molar-refractivity contribution in [2.75, 3.05) is 0 Å². The molecular weight excluding hydrogens is 388 g/mol. The van der Waals surface area contributed by atoms with E-state index in [0.717, 1.165) is 0 Å². The van der Waals surface area contributed by atoms with Crippen molar-refractivity contribution in [3.05, 3.63) is 0 Å². The Morgan fingerprint density at radius 3 is 0.857 bits per heavy atom. The van der Waals surface area contributed by atoms with Crippen molar-refractivity contribution in [1.29, 1.82) is 0 Å². The summed E-state index contributed by atoms with van der Waals surface area (Å²) in [5, 5.41) is 16.7. The summed E-state index contributed by atoms with van der Waals surface area (Å²) in [4.78, 5) is 99.0. The highest BCUT2D eigenvalue weighted by atomic mass is 16.6. The molecule has 0 unspecified atom stereocenters. The second-order valence-electron chi connectivity index (χ2n) is 5.16. The van der Waals surface area contributed by atoms with E-state index in [-0.39, 0.29) is 0 Å². The minimum Gasteiger partial charge on any atom is -0.481 e. The van der Waals surface area contributed by atoms with E-state index in [4.69, 9.17) is 10.2 Å². The van der Waals surface area contributed by atoms with Gasteiger partial charge in [-0.3, -0.25) is 43.2 Å². The Hall–Kier alpha value is -3.77. The number of carboxylic acids is 2. The molecule has 0 aromatic carbocycles. The van der Waals surface area contributed by atoms with Crippen molar-refractivity contribution in [2.45, 2.75) is 38.5 Å². The lowest BCUT2D eigenvalue weighted by atomic mass is 10.2. The van der Waals surface area contributed by atoms with Gasteiger partial charge < -0.3 is 19.7 Å². The Morgan fingerprint density at radius 2 is 0.643 bits per heavy atom. The number of hydrogen-bond donors (Lipinski definition) is 2. The summed E-state index contributed by atoms with van der Waals surface area (Å²) in [6.07, 6.45) is -6.10. The van der Waals surface area contributed by atoms with Crippen LogP contribution in [0, 0.1) is 0 Å². The number of hydrogen-bond acceptors (Lipinski definition) is 11. The number of ketones is 3. The van der Waals surface area contributed by atoms with E-state index < -0.39 is 91.7 Å². The third kappa shape index (κ3) is 12.6. The quantitative estimate of drug-likeness (QED) is 0.277. The Balaban J connectivity index is 4.27. The van der Waals surface area contributed by atoms with Crippen molar-refractivity contribution in [2.24, 2.45) is 0 Å². The van der Waals surface area contributed by atoms with Crippen molar-refractivity contribution in [3.8, 4) is 0 Å². The normalized spacial score (nSPS) is 9.71. The number of carbonyl (C=O) groups is 9. The molecule has 0 saturated heterocycles. The molecule has 0 radical (unpaired) electrons. The van der Waals surface area contributed by atoms with Crippen LogP contribution in [0.2, 0.25) is 0 Å². The molecule has 0 atom stereocenters. The van der Waals surface area contributed by atoms with Gasteiger partial charge in [-0.05, 0) is 0 Å². The first kappa shape index (κ1) is 24.2. The van der Waals surface area contributed by atoms with E-state index in [9.17, 15) is 43.2 Å². The van der Waals surface area contributed by atoms with Crippen molar-refractivity contribution in [1.82, 2.24) is 0 Å². The summed E-state index contributed by atoms with van der Waals surface area (Å²) in [6.45, 7) is 0. The summed E-state index contributed by atoms with van der Waals surface area (Å²) in [6, 6.07) is 0. The van der Waals surface area contributed by atoms with Crippen LogP contribution >= 0.6 is 0 Å². The van der Waals surface area contributed by atoms with E-state index in [1.165, 1.54) is 0 Å². The maximum atomic E-state index is 11.4. The predicted octanol–water partition coefficient (Wildman–Crippen LogP) is -1.66. The van der Waals surface area contributed by atoms with Gasteiger partial charge in [-0.2, -0.15) is 0 Å². The lowest BCUT2D eigenvalue weighted by Gasteiger charge is -2.03. The van der Waals surface area contributed by atoms with Crippen LogP contribution in [0.5, 0.6) is 0 Å². The van der Waals surface area contributed by atoms with E-state index >= 15 is 0 Å². The van der Waals surface area contributed by atoms with Gasteiger partial charge in [0.15, 0.2) is 17.3 Å². The minimum absolute atomic E-state index is 0.961. The molecule has 2 N–H and O–H groups in total. The zero-order valence-electron chi connectivity index (χ0n) is 14.1. The number of aliphatic carboxylic acids is 2. The smallest absolute Gasteiger partial charge is 0.320 e. The molecule has 28 heavy (non-hydrogen) atoms. The molecule has 0 spiro atoms. The molecule has 0 heterocycles. The molecule has 0 fully saturated rings. The molecule has 0 rings (SSSR count). The second kappa shape index (κ2) is 11.8. The molecule has 0 aromatic heterocycles. The number of ether oxygens (including phenoxy) is 2. The van der Waals surface area contributed by atoms with Gasteiger partial charge in [-0.25, -0.2) is 0 Å². The lowest BCUT2D eigenvalue weighted by molar-refractivity contribution is -0.161. The number of rotatable bonds is 12. The highest BCUT2D eigenvalue weighted by Crippen LogP contribution is 2.01. The van der Waals surface area contributed by atoms with Crippen LogP contribution in [-0.4, -0.2) is 63.4 Å². The maximum absolute atomic E-state index is 11.4. The fourth-order valence-corrected chi connectivity index (χ4v) is 1.57. The summed E-state index contributed by atoms with van der Waals surface area (Å²) in [7, 11) is 0. The van der Waals surface area contributed by atoms with Crippen molar-refractivity contribution in [3.63, 3.8) is 0 Å². The molecule has 0 amide bonds. The molecule has 0 bridgehead atoms. The molecule has 0 aliphatic rings.